The largest absolute Gasteiger partial charge is 0.316 e. The lowest BCUT2D eigenvalue weighted by Gasteiger charge is -2.07. The van der Waals surface area contributed by atoms with E-state index in [1.807, 2.05) is 0 Å². The molecular formula is C17H39NO3S. The molecule has 0 aromatic carbocycles. The highest BCUT2D eigenvalue weighted by Gasteiger charge is 1.94. The third-order valence-corrected chi connectivity index (χ3v) is 3.26. The first-order valence-electron chi connectivity index (χ1n) is 8.90. The van der Waals surface area contributed by atoms with Gasteiger partial charge in [-0.2, -0.15) is 8.42 Å². The molecule has 0 saturated heterocycles. The Morgan fingerprint density at radius 3 is 1.59 bits per heavy atom. The van der Waals surface area contributed by atoms with Gasteiger partial charge in [0.15, 0.2) is 0 Å². The van der Waals surface area contributed by atoms with E-state index < -0.39 is 10.1 Å². The van der Waals surface area contributed by atoms with Crippen molar-refractivity contribution in [1.82, 2.24) is 5.32 Å². The highest BCUT2D eigenvalue weighted by atomic mass is 32.2. The van der Waals surface area contributed by atoms with Gasteiger partial charge in [0.2, 0.25) is 0 Å². The molecule has 0 atom stereocenters. The fourth-order valence-electron chi connectivity index (χ4n) is 2.13. The van der Waals surface area contributed by atoms with E-state index >= 15 is 0 Å². The van der Waals surface area contributed by atoms with Crippen LogP contribution >= 0.6 is 0 Å². The van der Waals surface area contributed by atoms with Gasteiger partial charge >= 0.3 is 0 Å². The molecule has 0 amide bonds. The van der Waals surface area contributed by atoms with Gasteiger partial charge in [-0.1, -0.05) is 78.6 Å². The topological polar surface area (TPSA) is 66.4 Å². The standard InChI is InChI=1S/C16H35N.CH4O3S/c1-4-5-6-7-8-9-10-11-12-13-14-17-15-16(2)3;1-5(2,3)4/h16-17H,4-15H2,1-3H3;1H3,(H,2,3,4). The van der Waals surface area contributed by atoms with Crippen molar-refractivity contribution >= 4 is 10.1 Å². The van der Waals surface area contributed by atoms with Crippen molar-refractivity contribution < 1.29 is 13.0 Å². The zero-order chi connectivity index (χ0) is 17.3. The van der Waals surface area contributed by atoms with Crippen LogP contribution in [0.25, 0.3) is 0 Å². The molecule has 0 aliphatic heterocycles. The average Bonchev–Trinajstić information content (AvgIpc) is 2.38. The van der Waals surface area contributed by atoms with E-state index in [-0.39, 0.29) is 0 Å². The van der Waals surface area contributed by atoms with Crippen LogP contribution in [-0.4, -0.2) is 32.3 Å². The monoisotopic (exact) mass is 337 g/mol. The second-order valence-electron chi connectivity index (χ2n) is 6.51. The van der Waals surface area contributed by atoms with Crippen LogP contribution in [0.3, 0.4) is 0 Å². The van der Waals surface area contributed by atoms with Crippen LogP contribution in [0.4, 0.5) is 0 Å². The van der Waals surface area contributed by atoms with E-state index in [9.17, 15) is 8.42 Å². The third-order valence-electron chi connectivity index (χ3n) is 3.26. The number of hydrogen-bond donors (Lipinski definition) is 2. The first kappa shape index (κ1) is 24.1. The zero-order valence-corrected chi connectivity index (χ0v) is 16.1. The first-order chi connectivity index (χ1) is 10.3. The second kappa shape index (κ2) is 17.2. The lowest BCUT2D eigenvalue weighted by Crippen LogP contribution is -2.20. The molecule has 0 spiro atoms. The van der Waals surface area contributed by atoms with Gasteiger partial charge in [-0.25, -0.2) is 0 Å². The smallest absolute Gasteiger partial charge is 0.261 e. The van der Waals surface area contributed by atoms with Crippen molar-refractivity contribution in [2.45, 2.75) is 85.0 Å². The summed E-state index contributed by atoms with van der Waals surface area (Å²) in [6, 6.07) is 0. The van der Waals surface area contributed by atoms with Crippen LogP contribution in [0.1, 0.15) is 85.0 Å². The maximum atomic E-state index is 9.19. The molecule has 0 aliphatic rings. The Labute approximate surface area is 139 Å². The van der Waals surface area contributed by atoms with Crippen LogP contribution in [0.15, 0.2) is 0 Å². The normalized spacial score (nSPS) is 11.4. The Balaban J connectivity index is 0. The van der Waals surface area contributed by atoms with E-state index in [2.05, 4.69) is 26.1 Å². The number of hydrogen-bond acceptors (Lipinski definition) is 3. The highest BCUT2D eigenvalue weighted by Crippen LogP contribution is 2.10. The molecule has 5 heteroatoms. The third kappa shape index (κ3) is 36.8. The quantitative estimate of drug-likeness (QED) is 0.379. The molecule has 2 N–H and O–H groups in total. The lowest BCUT2D eigenvalue weighted by atomic mass is 10.1. The van der Waals surface area contributed by atoms with Gasteiger partial charge in [-0.3, -0.25) is 4.55 Å². The van der Waals surface area contributed by atoms with Gasteiger partial charge in [0.25, 0.3) is 10.1 Å². The molecule has 0 radical (unpaired) electrons. The van der Waals surface area contributed by atoms with Crippen molar-refractivity contribution in [2.75, 3.05) is 19.3 Å². The minimum atomic E-state index is -3.67. The van der Waals surface area contributed by atoms with Gasteiger partial charge in [-0.05, 0) is 25.4 Å². The molecule has 0 heterocycles. The fraction of sp³-hybridized carbons (Fsp3) is 1.00. The molecule has 22 heavy (non-hydrogen) atoms. The average molecular weight is 338 g/mol. The van der Waals surface area contributed by atoms with Crippen LogP contribution < -0.4 is 5.32 Å². The molecule has 0 rings (SSSR count). The molecule has 0 fully saturated rings. The summed E-state index contributed by atoms with van der Waals surface area (Å²) in [4.78, 5) is 0. The minimum absolute atomic E-state index is 0.715. The first-order valence-corrected chi connectivity index (χ1v) is 10.7. The van der Waals surface area contributed by atoms with Gasteiger partial charge in [0.1, 0.15) is 0 Å². The summed E-state index contributed by atoms with van der Waals surface area (Å²) in [6.07, 6.45) is 15.0. The SMILES string of the molecule is CCCCCCCCCCCCNCC(C)C.CS(=O)(=O)O. The number of rotatable bonds is 13. The van der Waals surface area contributed by atoms with E-state index in [4.69, 9.17) is 4.55 Å². The molecule has 136 valence electrons. The summed E-state index contributed by atoms with van der Waals surface area (Å²) in [6.45, 7) is 9.22. The molecule has 0 saturated carbocycles. The van der Waals surface area contributed by atoms with Gasteiger partial charge in [0, 0.05) is 0 Å². The maximum Gasteiger partial charge on any atom is 0.261 e. The second-order valence-corrected chi connectivity index (χ2v) is 7.98. The summed E-state index contributed by atoms with van der Waals surface area (Å²) in [7, 11) is -3.67. The van der Waals surface area contributed by atoms with Gasteiger partial charge < -0.3 is 5.32 Å². The molecule has 0 aliphatic carbocycles. The lowest BCUT2D eigenvalue weighted by molar-refractivity contribution is 0.490. The summed E-state index contributed by atoms with van der Waals surface area (Å²) < 4.78 is 25.9. The van der Waals surface area contributed by atoms with Crippen LogP contribution in [0.5, 0.6) is 0 Å². The van der Waals surface area contributed by atoms with Crippen molar-refractivity contribution in [1.29, 1.82) is 0 Å². The molecule has 0 unspecified atom stereocenters. The zero-order valence-electron chi connectivity index (χ0n) is 15.2. The van der Waals surface area contributed by atoms with E-state index in [1.165, 1.54) is 77.3 Å². The van der Waals surface area contributed by atoms with Crippen molar-refractivity contribution in [3.63, 3.8) is 0 Å². The Morgan fingerprint density at radius 2 is 1.23 bits per heavy atom. The van der Waals surface area contributed by atoms with Crippen molar-refractivity contribution in [3.8, 4) is 0 Å². The van der Waals surface area contributed by atoms with E-state index in [0.717, 1.165) is 5.92 Å². The van der Waals surface area contributed by atoms with E-state index in [1.54, 1.807) is 0 Å². The molecule has 0 aromatic rings. The number of unbranched alkanes of at least 4 members (excludes halogenated alkanes) is 9. The number of nitrogens with one attached hydrogen (secondary N) is 1. The highest BCUT2D eigenvalue weighted by molar-refractivity contribution is 7.85. The predicted molar refractivity (Wildman–Crippen MR) is 97.0 cm³/mol. The van der Waals surface area contributed by atoms with Crippen molar-refractivity contribution in [3.05, 3.63) is 0 Å². The van der Waals surface area contributed by atoms with Crippen LogP contribution in [0.2, 0.25) is 0 Å². The fourth-order valence-corrected chi connectivity index (χ4v) is 2.13. The van der Waals surface area contributed by atoms with Crippen LogP contribution in [-0.2, 0) is 10.1 Å². The summed E-state index contributed by atoms with van der Waals surface area (Å²) in [5, 5.41) is 3.51. The van der Waals surface area contributed by atoms with E-state index in [0.29, 0.717) is 6.26 Å². The van der Waals surface area contributed by atoms with Crippen molar-refractivity contribution in [2.24, 2.45) is 5.92 Å². The van der Waals surface area contributed by atoms with Gasteiger partial charge in [-0.15, -0.1) is 0 Å². The summed E-state index contributed by atoms with van der Waals surface area (Å²) in [5.74, 6) is 0.790. The Morgan fingerprint density at radius 1 is 0.864 bits per heavy atom. The summed E-state index contributed by atoms with van der Waals surface area (Å²) in [5.41, 5.74) is 0. The van der Waals surface area contributed by atoms with Crippen LogP contribution in [0, 0.1) is 5.92 Å². The maximum absolute atomic E-state index is 9.19. The molecule has 0 aromatic heterocycles. The molecular weight excluding hydrogens is 298 g/mol. The molecule has 4 nitrogen and oxygen atoms in total. The Kier molecular flexibility index (Phi) is 18.9. The minimum Gasteiger partial charge on any atom is -0.316 e. The molecule has 0 bridgehead atoms. The predicted octanol–water partition coefficient (Wildman–Crippen LogP) is 4.66. The Hall–Kier alpha value is -0.130. The van der Waals surface area contributed by atoms with Gasteiger partial charge in [0.05, 0.1) is 6.26 Å². The Bertz CT molecular complexity index is 295. The summed E-state index contributed by atoms with van der Waals surface area (Å²) >= 11 is 0.